The molecular formula is C23H25ClN2O. The fraction of sp³-hybridized carbons (Fsp3) is 0.261. The molecule has 1 saturated heterocycles. The van der Waals surface area contributed by atoms with Crippen LogP contribution >= 0.6 is 12.4 Å². The second kappa shape index (κ2) is 9.14. The van der Waals surface area contributed by atoms with Gasteiger partial charge in [-0.2, -0.15) is 0 Å². The summed E-state index contributed by atoms with van der Waals surface area (Å²) in [6.45, 7) is 0.976. The van der Waals surface area contributed by atoms with Crippen LogP contribution in [0.2, 0.25) is 0 Å². The molecule has 0 bridgehead atoms. The number of hydrogen-bond donors (Lipinski definition) is 2. The van der Waals surface area contributed by atoms with Gasteiger partial charge < -0.3 is 10.4 Å². The fourth-order valence-electron chi connectivity index (χ4n) is 3.62. The molecule has 1 fully saturated rings. The first-order valence-corrected chi connectivity index (χ1v) is 9.35. The summed E-state index contributed by atoms with van der Waals surface area (Å²) >= 11 is 0. The Hall–Kier alpha value is -2.20. The molecule has 3 aromatic rings. The third kappa shape index (κ3) is 4.56. The van der Waals surface area contributed by atoms with Crippen LogP contribution in [-0.4, -0.2) is 22.7 Å². The molecule has 2 unspecified atom stereocenters. The van der Waals surface area contributed by atoms with Gasteiger partial charge in [-0.05, 0) is 37.1 Å². The second-order valence-electron chi connectivity index (χ2n) is 6.90. The Balaban J connectivity index is 0.00000210. The summed E-state index contributed by atoms with van der Waals surface area (Å²) in [5.74, 6) is 0. The van der Waals surface area contributed by atoms with E-state index in [1.54, 1.807) is 0 Å². The molecule has 0 aliphatic carbocycles. The monoisotopic (exact) mass is 380 g/mol. The van der Waals surface area contributed by atoms with E-state index in [4.69, 9.17) is 4.98 Å². The Labute approximate surface area is 166 Å². The van der Waals surface area contributed by atoms with Crippen molar-refractivity contribution in [2.45, 2.75) is 31.4 Å². The Morgan fingerprint density at radius 3 is 1.89 bits per heavy atom. The summed E-state index contributed by atoms with van der Waals surface area (Å²) in [6.07, 6.45) is 2.83. The normalized spacial score (nSPS) is 17.7. The molecule has 0 amide bonds. The Morgan fingerprint density at radius 1 is 0.852 bits per heavy atom. The highest BCUT2D eigenvalue weighted by atomic mass is 35.5. The topological polar surface area (TPSA) is 45.2 Å². The molecule has 2 aromatic carbocycles. The molecule has 1 aliphatic rings. The van der Waals surface area contributed by atoms with Crippen LogP contribution in [0.3, 0.4) is 0 Å². The van der Waals surface area contributed by atoms with E-state index >= 15 is 0 Å². The van der Waals surface area contributed by atoms with Crippen molar-refractivity contribution in [1.82, 2.24) is 10.3 Å². The molecule has 3 nitrogen and oxygen atoms in total. The van der Waals surface area contributed by atoms with Crippen LogP contribution in [0.15, 0.2) is 72.8 Å². The highest BCUT2D eigenvalue weighted by molar-refractivity contribution is 5.85. The van der Waals surface area contributed by atoms with Crippen LogP contribution in [-0.2, 0) is 0 Å². The quantitative estimate of drug-likeness (QED) is 0.668. The number of nitrogens with zero attached hydrogens (tertiary/aromatic N) is 1. The minimum atomic E-state index is -0.525. The standard InChI is InChI=1S/C23H24N2O.ClH/c26-23(20-13-7-8-14-24-20)19-15-21(17-9-3-1-4-10-17)25-22(16-19)18-11-5-2-6-12-18;/h1-6,9-12,15-16,20,23-24,26H,7-8,13-14H2;1H. The SMILES string of the molecule is Cl.OC(c1cc(-c2ccccc2)nc(-c2ccccc2)c1)C1CCCCN1. The van der Waals surface area contributed by atoms with Gasteiger partial charge in [0.15, 0.2) is 0 Å². The van der Waals surface area contributed by atoms with E-state index in [1.165, 1.54) is 6.42 Å². The molecule has 2 N–H and O–H groups in total. The van der Waals surface area contributed by atoms with E-state index in [0.29, 0.717) is 0 Å². The van der Waals surface area contributed by atoms with E-state index in [1.807, 2.05) is 48.5 Å². The summed E-state index contributed by atoms with van der Waals surface area (Å²) in [4.78, 5) is 4.87. The largest absolute Gasteiger partial charge is 0.387 e. The first-order valence-electron chi connectivity index (χ1n) is 9.35. The summed E-state index contributed by atoms with van der Waals surface area (Å²) < 4.78 is 0. The third-order valence-corrected chi connectivity index (χ3v) is 5.06. The zero-order valence-electron chi connectivity index (χ0n) is 15.2. The predicted molar refractivity (Wildman–Crippen MR) is 113 cm³/mol. The highest BCUT2D eigenvalue weighted by Gasteiger charge is 2.24. The van der Waals surface area contributed by atoms with E-state index in [-0.39, 0.29) is 18.4 Å². The van der Waals surface area contributed by atoms with Gasteiger partial charge in [0.25, 0.3) is 0 Å². The van der Waals surface area contributed by atoms with Gasteiger partial charge in [-0.3, -0.25) is 0 Å². The van der Waals surface area contributed by atoms with Gasteiger partial charge in [0.2, 0.25) is 0 Å². The van der Waals surface area contributed by atoms with Gasteiger partial charge in [0.1, 0.15) is 0 Å². The van der Waals surface area contributed by atoms with Crippen molar-refractivity contribution in [2.24, 2.45) is 0 Å². The van der Waals surface area contributed by atoms with E-state index in [0.717, 1.165) is 47.5 Å². The molecule has 0 spiro atoms. The zero-order chi connectivity index (χ0) is 17.8. The van der Waals surface area contributed by atoms with Gasteiger partial charge in [-0.25, -0.2) is 4.98 Å². The predicted octanol–water partition coefficient (Wildman–Crippen LogP) is 5.01. The first kappa shape index (κ1) is 19.6. The van der Waals surface area contributed by atoms with Crippen molar-refractivity contribution in [3.05, 3.63) is 78.4 Å². The number of rotatable bonds is 4. The molecular weight excluding hydrogens is 356 g/mol. The number of aromatic nitrogens is 1. The highest BCUT2D eigenvalue weighted by Crippen LogP contribution is 2.30. The van der Waals surface area contributed by atoms with Crippen LogP contribution in [0.1, 0.15) is 30.9 Å². The van der Waals surface area contributed by atoms with Gasteiger partial charge in [-0.15, -0.1) is 12.4 Å². The number of piperidine rings is 1. The number of hydrogen-bond acceptors (Lipinski definition) is 3. The van der Waals surface area contributed by atoms with Gasteiger partial charge in [-0.1, -0.05) is 67.1 Å². The number of pyridine rings is 1. The van der Waals surface area contributed by atoms with Gasteiger partial charge in [0, 0.05) is 17.2 Å². The van der Waals surface area contributed by atoms with E-state index in [9.17, 15) is 5.11 Å². The van der Waals surface area contributed by atoms with Crippen LogP contribution in [0.5, 0.6) is 0 Å². The van der Waals surface area contributed by atoms with Gasteiger partial charge in [0.05, 0.1) is 17.5 Å². The maximum absolute atomic E-state index is 11.0. The number of aliphatic hydroxyl groups is 1. The molecule has 1 aromatic heterocycles. The summed E-state index contributed by atoms with van der Waals surface area (Å²) in [5.41, 5.74) is 4.86. The van der Waals surface area contributed by atoms with Crippen molar-refractivity contribution in [3.63, 3.8) is 0 Å². The minimum Gasteiger partial charge on any atom is -0.387 e. The fourth-order valence-corrected chi connectivity index (χ4v) is 3.62. The maximum atomic E-state index is 11.0. The van der Waals surface area contributed by atoms with Crippen LogP contribution in [0.25, 0.3) is 22.5 Å². The number of nitrogens with one attached hydrogen (secondary N) is 1. The van der Waals surface area contributed by atoms with Crippen LogP contribution in [0, 0.1) is 0 Å². The Bertz CT molecular complexity index is 791. The van der Waals surface area contributed by atoms with Crippen LogP contribution < -0.4 is 5.32 Å². The smallest absolute Gasteiger partial charge is 0.0944 e. The molecule has 140 valence electrons. The second-order valence-corrected chi connectivity index (χ2v) is 6.90. The molecule has 0 radical (unpaired) electrons. The Morgan fingerprint density at radius 2 is 1.41 bits per heavy atom. The molecule has 27 heavy (non-hydrogen) atoms. The lowest BCUT2D eigenvalue weighted by Gasteiger charge is -2.28. The molecule has 2 atom stereocenters. The Kier molecular flexibility index (Phi) is 6.62. The molecule has 4 heteroatoms. The minimum absolute atomic E-state index is 0. The van der Waals surface area contributed by atoms with E-state index < -0.39 is 6.10 Å². The molecule has 2 heterocycles. The number of benzene rings is 2. The van der Waals surface area contributed by atoms with Crippen molar-refractivity contribution >= 4 is 12.4 Å². The third-order valence-electron chi connectivity index (χ3n) is 5.06. The average molecular weight is 381 g/mol. The lowest BCUT2D eigenvalue weighted by Crippen LogP contribution is -2.38. The van der Waals surface area contributed by atoms with Crippen molar-refractivity contribution in [2.75, 3.05) is 6.54 Å². The number of aliphatic hydroxyl groups excluding tert-OH is 1. The molecule has 1 aliphatic heterocycles. The lowest BCUT2D eigenvalue weighted by atomic mass is 9.93. The average Bonchev–Trinajstić information content (AvgIpc) is 2.75. The lowest BCUT2D eigenvalue weighted by molar-refractivity contribution is 0.114. The molecule has 0 saturated carbocycles. The number of halogens is 1. The van der Waals surface area contributed by atoms with Crippen molar-refractivity contribution < 1.29 is 5.11 Å². The summed E-state index contributed by atoms with van der Waals surface area (Å²) in [6, 6.07) is 24.5. The maximum Gasteiger partial charge on any atom is 0.0944 e. The zero-order valence-corrected chi connectivity index (χ0v) is 16.0. The molecule has 4 rings (SSSR count). The summed E-state index contributed by atoms with van der Waals surface area (Å²) in [5, 5.41) is 14.5. The van der Waals surface area contributed by atoms with Crippen molar-refractivity contribution in [3.8, 4) is 22.5 Å². The van der Waals surface area contributed by atoms with Crippen LogP contribution in [0.4, 0.5) is 0 Å². The summed E-state index contributed by atoms with van der Waals surface area (Å²) in [7, 11) is 0. The van der Waals surface area contributed by atoms with Gasteiger partial charge >= 0.3 is 0 Å². The first-order chi connectivity index (χ1) is 12.8. The van der Waals surface area contributed by atoms with Crippen molar-refractivity contribution in [1.29, 1.82) is 0 Å². The van der Waals surface area contributed by atoms with E-state index in [2.05, 4.69) is 29.6 Å².